The minimum Gasteiger partial charge on any atom is -0.305 e. The largest absolute Gasteiger partial charge is 0.305 e. The first-order valence-corrected chi connectivity index (χ1v) is 4.65. The first-order chi connectivity index (χ1) is 6.66. The Balaban J connectivity index is 2.49. The topological polar surface area (TPSA) is 34.4 Å². The molecule has 0 fully saturated rings. The van der Waals surface area contributed by atoms with E-state index >= 15 is 0 Å². The molecular weight excluding hydrogens is 200 g/mol. The maximum Gasteiger partial charge on any atom is 0.154 e. The van der Waals surface area contributed by atoms with Gasteiger partial charge >= 0.3 is 0 Å². The Morgan fingerprint density at radius 2 is 2.43 bits per heavy atom. The molecule has 2 aromatic rings. The maximum absolute atomic E-state index is 10.9. The maximum atomic E-state index is 10.9. The molecule has 0 N–H and O–H groups in total. The molecule has 72 valence electrons. The lowest BCUT2D eigenvalue weighted by atomic mass is 10.1. The number of pyridine rings is 1. The second kappa shape index (κ2) is 3.42. The van der Waals surface area contributed by atoms with E-state index in [-0.39, 0.29) is 5.78 Å². The van der Waals surface area contributed by atoms with Crippen molar-refractivity contribution in [2.24, 2.45) is 0 Å². The van der Waals surface area contributed by atoms with Gasteiger partial charge in [0.15, 0.2) is 5.15 Å². The molecule has 0 bridgehead atoms. The first-order valence-electron chi connectivity index (χ1n) is 4.27. The Morgan fingerprint density at radius 1 is 1.64 bits per heavy atom. The van der Waals surface area contributed by atoms with Gasteiger partial charge in [-0.05, 0) is 24.6 Å². The SMILES string of the molecule is CC(=O)Cc1ccn2cnc(Cl)c2c1. The van der Waals surface area contributed by atoms with Crippen LogP contribution in [0.2, 0.25) is 5.15 Å². The number of rotatable bonds is 2. The van der Waals surface area contributed by atoms with E-state index in [1.165, 1.54) is 0 Å². The quantitative estimate of drug-likeness (QED) is 0.758. The van der Waals surface area contributed by atoms with Crippen LogP contribution in [0.3, 0.4) is 0 Å². The number of hydrogen-bond acceptors (Lipinski definition) is 2. The zero-order valence-corrected chi connectivity index (χ0v) is 8.45. The zero-order chi connectivity index (χ0) is 10.1. The van der Waals surface area contributed by atoms with E-state index in [2.05, 4.69) is 4.98 Å². The highest BCUT2D eigenvalue weighted by molar-refractivity contribution is 6.32. The molecule has 14 heavy (non-hydrogen) atoms. The number of aromatic nitrogens is 2. The molecule has 0 aliphatic rings. The summed E-state index contributed by atoms with van der Waals surface area (Å²) in [7, 11) is 0. The number of ketones is 1. The van der Waals surface area contributed by atoms with Gasteiger partial charge < -0.3 is 4.40 Å². The molecule has 0 spiro atoms. The molecule has 2 aromatic heterocycles. The van der Waals surface area contributed by atoms with Gasteiger partial charge in [0, 0.05) is 12.6 Å². The van der Waals surface area contributed by atoms with Crippen LogP contribution in [0.15, 0.2) is 24.7 Å². The number of imidazole rings is 1. The third kappa shape index (κ3) is 1.63. The number of halogens is 1. The Hall–Kier alpha value is -1.35. The second-order valence-corrected chi connectivity index (χ2v) is 3.60. The molecular formula is C10H9ClN2O. The number of Topliss-reactive ketones (excluding diaryl/α,β-unsaturated/α-hetero) is 1. The van der Waals surface area contributed by atoms with Gasteiger partial charge in [-0.3, -0.25) is 4.79 Å². The fourth-order valence-corrected chi connectivity index (χ4v) is 1.59. The highest BCUT2D eigenvalue weighted by Crippen LogP contribution is 2.16. The van der Waals surface area contributed by atoms with E-state index < -0.39 is 0 Å². The van der Waals surface area contributed by atoms with Crippen molar-refractivity contribution in [1.82, 2.24) is 9.38 Å². The summed E-state index contributed by atoms with van der Waals surface area (Å²) in [5.41, 5.74) is 1.80. The first kappa shape index (κ1) is 9.21. The standard InChI is InChI=1S/C10H9ClN2O/c1-7(14)4-8-2-3-13-6-12-10(11)9(13)5-8/h2-3,5-6H,4H2,1H3. The third-order valence-corrected chi connectivity index (χ3v) is 2.30. The summed E-state index contributed by atoms with van der Waals surface area (Å²) in [5.74, 6) is 0.144. The van der Waals surface area contributed by atoms with Crippen LogP contribution in [-0.4, -0.2) is 15.2 Å². The molecule has 0 radical (unpaired) electrons. The summed E-state index contributed by atoms with van der Waals surface area (Å²) >= 11 is 5.86. The van der Waals surface area contributed by atoms with Crippen molar-refractivity contribution in [3.63, 3.8) is 0 Å². The lowest BCUT2D eigenvalue weighted by Gasteiger charge is -1.99. The van der Waals surface area contributed by atoms with Crippen LogP contribution in [-0.2, 0) is 11.2 Å². The van der Waals surface area contributed by atoms with Gasteiger partial charge in [0.2, 0.25) is 0 Å². The van der Waals surface area contributed by atoms with E-state index in [9.17, 15) is 4.79 Å². The van der Waals surface area contributed by atoms with E-state index in [4.69, 9.17) is 11.6 Å². The lowest BCUT2D eigenvalue weighted by molar-refractivity contribution is -0.116. The molecule has 2 heterocycles. The molecule has 0 aromatic carbocycles. The molecule has 0 saturated carbocycles. The molecule has 0 aliphatic heterocycles. The van der Waals surface area contributed by atoms with Crippen LogP contribution in [0.4, 0.5) is 0 Å². The number of carbonyl (C=O) groups is 1. The van der Waals surface area contributed by atoms with Crippen molar-refractivity contribution in [3.8, 4) is 0 Å². The molecule has 3 nitrogen and oxygen atoms in total. The van der Waals surface area contributed by atoms with E-state index in [1.807, 2.05) is 22.7 Å². The highest BCUT2D eigenvalue weighted by Gasteiger charge is 2.03. The van der Waals surface area contributed by atoms with Crippen molar-refractivity contribution in [2.45, 2.75) is 13.3 Å². The summed E-state index contributed by atoms with van der Waals surface area (Å²) in [4.78, 5) is 14.9. The van der Waals surface area contributed by atoms with Crippen molar-refractivity contribution in [2.75, 3.05) is 0 Å². The highest BCUT2D eigenvalue weighted by atomic mass is 35.5. The summed E-state index contributed by atoms with van der Waals surface area (Å²) in [5, 5.41) is 0.468. The van der Waals surface area contributed by atoms with Crippen molar-refractivity contribution >= 4 is 22.9 Å². The van der Waals surface area contributed by atoms with Crippen molar-refractivity contribution < 1.29 is 4.79 Å². The Morgan fingerprint density at radius 3 is 3.14 bits per heavy atom. The van der Waals surface area contributed by atoms with E-state index in [1.54, 1.807) is 13.3 Å². The van der Waals surface area contributed by atoms with E-state index in [0.29, 0.717) is 11.6 Å². The van der Waals surface area contributed by atoms with Gasteiger partial charge in [0.05, 0.1) is 5.52 Å². The van der Waals surface area contributed by atoms with Crippen LogP contribution < -0.4 is 0 Å². The van der Waals surface area contributed by atoms with Gasteiger partial charge in [0.1, 0.15) is 12.1 Å². The Labute approximate surface area is 86.3 Å². The second-order valence-electron chi connectivity index (χ2n) is 3.24. The van der Waals surface area contributed by atoms with Gasteiger partial charge in [-0.15, -0.1) is 0 Å². The average Bonchev–Trinajstić information content (AvgIpc) is 2.47. The van der Waals surface area contributed by atoms with Crippen LogP contribution in [0.5, 0.6) is 0 Å². The van der Waals surface area contributed by atoms with E-state index in [0.717, 1.165) is 11.1 Å². The van der Waals surface area contributed by atoms with Crippen LogP contribution in [0.25, 0.3) is 5.52 Å². The smallest absolute Gasteiger partial charge is 0.154 e. The molecule has 0 atom stereocenters. The Bertz CT molecular complexity index is 490. The monoisotopic (exact) mass is 208 g/mol. The van der Waals surface area contributed by atoms with Crippen molar-refractivity contribution in [3.05, 3.63) is 35.4 Å². The zero-order valence-electron chi connectivity index (χ0n) is 7.70. The van der Waals surface area contributed by atoms with Gasteiger partial charge in [-0.25, -0.2) is 4.98 Å². The molecule has 0 amide bonds. The molecule has 0 unspecified atom stereocenters. The minimum atomic E-state index is 0.144. The lowest BCUT2D eigenvalue weighted by Crippen LogP contribution is -1.96. The molecule has 2 rings (SSSR count). The summed E-state index contributed by atoms with van der Waals surface area (Å²) < 4.78 is 1.83. The molecule has 0 saturated heterocycles. The van der Waals surface area contributed by atoms with Gasteiger partial charge in [-0.1, -0.05) is 11.6 Å². The fourth-order valence-electron chi connectivity index (χ4n) is 1.40. The fraction of sp³-hybridized carbons (Fsp3) is 0.200. The van der Waals surface area contributed by atoms with Gasteiger partial charge in [0.25, 0.3) is 0 Å². The average molecular weight is 209 g/mol. The molecule has 0 aliphatic carbocycles. The number of hydrogen-bond donors (Lipinski definition) is 0. The van der Waals surface area contributed by atoms with Gasteiger partial charge in [-0.2, -0.15) is 0 Å². The minimum absolute atomic E-state index is 0.144. The summed E-state index contributed by atoms with van der Waals surface area (Å²) in [6.07, 6.45) is 3.94. The predicted molar refractivity (Wildman–Crippen MR) is 54.6 cm³/mol. The predicted octanol–water partition coefficient (Wildman–Crippen LogP) is 2.12. The number of nitrogens with zero attached hydrogens (tertiary/aromatic N) is 2. The summed E-state index contributed by atoms with van der Waals surface area (Å²) in [6, 6.07) is 3.78. The molecule has 4 heteroatoms. The number of carbonyl (C=O) groups excluding carboxylic acids is 1. The van der Waals surface area contributed by atoms with Crippen molar-refractivity contribution in [1.29, 1.82) is 0 Å². The normalized spacial score (nSPS) is 10.7. The Kier molecular flexibility index (Phi) is 2.25. The summed E-state index contributed by atoms with van der Waals surface area (Å²) in [6.45, 7) is 1.57. The third-order valence-electron chi connectivity index (χ3n) is 2.01. The number of fused-ring (bicyclic) bond motifs is 1. The van der Waals surface area contributed by atoms with Crippen LogP contribution in [0, 0.1) is 0 Å². The van der Waals surface area contributed by atoms with Crippen LogP contribution >= 0.6 is 11.6 Å². The van der Waals surface area contributed by atoms with Crippen LogP contribution in [0.1, 0.15) is 12.5 Å².